The Morgan fingerprint density at radius 1 is 1.45 bits per heavy atom. The van der Waals surface area contributed by atoms with Crippen molar-refractivity contribution in [3.05, 3.63) is 41.1 Å². The lowest BCUT2D eigenvalue weighted by molar-refractivity contribution is -0.116. The van der Waals surface area contributed by atoms with Gasteiger partial charge < -0.3 is 5.32 Å². The first-order valence-electron chi connectivity index (χ1n) is 7.65. The van der Waals surface area contributed by atoms with Gasteiger partial charge in [0.15, 0.2) is 5.82 Å². The van der Waals surface area contributed by atoms with Crippen LogP contribution in [0.3, 0.4) is 0 Å². The Morgan fingerprint density at radius 3 is 3.00 bits per heavy atom. The molecule has 1 aromatic heterocycles. The molecule has 0 radical (unpaired) electrons. The Hall–Kier alpha value is -1.75. The van der Waals surface area contributed by atoms with E-state index in [1.807, 2.05) is 4.68 Å². The maximum atomic E-state index is 12.1. The molecule has 1 amide bonds. The van der Waals surface area contributed by atoms with E-state index in [0.717, 1.165) is 24.5 Å². The van der Waals surface area contributed by atoms with Crippen molar-refractivity contribution in [2.45, 2.75) is 44.0 Å². The first-order valence-corrected chi connectivity index (χ1v) is 8.87. The molecule has 5 heteroatoms. The number of aromatic nitrogens is 2. The quantitative estimate of drug-likeness (QED) is 0.873. The molecule has 0 aliphatic carbocycles. The Morgan fingerprint density at radius 2 is 2.27 bits per heavy atom. The lowest BCUT2D eigenvalue weighted by Gasteiger charge is -2.23. The summed E-state index contributed by atoms with van der Waals surface area (Å²) < 4.78 is 2.02. The summed E-state index contributed by atoms with van der Waals surface area (Å²) in [7, 11) is 0. The van der Waals surface area contributed by atoms with Gasteiger partial charge in [-0.3, -0.25) is 9.48 Å². The third kappa shape index (κ3) is 2.65. The van der Waals surface area contributed by atoms with Gasteiger partial charge in [0, 0.05) is 35.0 Å². The average molecular weight is 315 g/mol. The third-order valence-electron chi connectivity index (χ3n) is 4.18. The van der Waals surface area contributed by atoms with Crippen molar-refractivity contribution in [2.24, 2.45) is 0 Å². The van der Waals surface area contributed by atoms with Crippen LogP contribution in [-0.4, -0.2) is 21.9 Å². The topological polar surface area (TPSA) is 46.9 Å². The molecule has 22 heavy (non-hydrogen) atoms. The number of nitrogens with zero attached hydrogens (tertiary/aromatic N) is 2. The van der Waals surface area contributed by atoms with Gasteiger partial charge in [0.05, 0.1) is 0 Å². The number of hydrogen-bond acceptors (Lipinski definition) is 3. The molecule has 0 fully saturated rings. The van der Waals surface area contributed by atoms with Crippen molar-refractivity contribution >= 4 is 23.5 Å². The van der Waals surface area contributed by atoms with E-state index in [4.69, 9.17) is 0 Å². The summed E-state index contributed by atoms with van der Waals surface area (Å²) in [5, 5.41) is 7.52. The summed E-state index contributed by atoms with van der Waals surface area (Å²) in [5.41, 5.74) is 3.53. The number of anilines is 1. The van der Waals surface area contributed by atoms with Crippen molar-refractivity contribution in [2.75, 3.05) is 11.6 Å². The summed E-state index contributed by atoms with van der Waals surface area (Å²) in [5.74, 6) is 0.886. The Balaban J connectivity index is 2.08. The van der Waals surface area contributed by atoms with Crippen LogP contribution in [0.4, 0.5) is 5.82 Å². The van der Waals surface area contributed by atoms with Crippen molar-refractivity contribution in [1.82, 2.24) is 9.78 Å². The largest absolute Gasteiger partial charge is 0.309 e. The molecular formula is C17H21N3OS. The van der Waals surface area contributed by atoms with Gasteiger partial charge in [0.1, 0.15) is 0 Å². The van der Waals surface area contributed by atoms with Crippen LogP contribution in [0.15, 0.2) is 29.2 Å². The van der Waals surface area contributed by atoms with E-state index in [1.54, 1.807) is 11.8 Å². The number of benzene rings is 1. The minimum absolute atomic E-state index is 0.0493. The molecule has 0 bridgehead atoms. The minimum atomic E-state index is 0.0493. The summed E-state index contributed by atoms with van der Waals surface area (Å²) in [6.07, 6.45) is 3.59. The number of aryl methyl sites for hydroxylation is 1. The van der Waals surface area contributed by atoms with E-state index < -0.39 is 0 Å². The first kappa shape index (κ1) is 15.2. The summed E-state index contributed by atoms with van der Waals surface area (Å²) in [6, 6.07) is 8.47. The Bertz CT molecular complexity index is 708. The van der Waals surface area contributed by atoms with Crippen LogP contribution >= 0.6 is 11.8 Å². The molecular weight excluding hydrogens is 294 g/mol. The fourth-order valence-electron chi connectivity index (χ4n) is 3.11. The molecule has 2 heterocycles. The van der Waals surface area contributed by atoms with E-state index in [2.05, 4.69) is 54.8 Å². The van der Waals surface area contributed by atoms with E-state index in [-0.39, 0.29) is 11.8 Å². The third-order valence-corrected chi connectivity index (χ3v) is 4.91. The lowest BCUT2D eigenvalue weighted by Crippen LogP contribution is -2.23. The second kappa shape index (κ2) is 6.16. The zero-order chi connectivity index (χ0) is 15.7. The highest BCUT2D eigenvalue weighted by atomic mass is 32.2. The van der Waals surface area contributed by atoms with Gasteiger partial charge in [0.25, 0.3) is 0 Å². The maximum absolute atomic E-state index is 12.1. The number of fused-ring (bicyclic) bond motifs is 1. The van der Waals surface area contributed by atoms with Gasteiger partial charge in [-0.1, -0.05) is 19.1 Å². The number of nitrogens with one attached hydrogen (secondary N) is 1. The predicted octanol–water partition coefficient (Wildman–Crippen LogP) is 3.80. The molecule has 0 spiro atoms. The standard InChI is InChI=1S/C17H21N3OS/c1-4-8-20-11(2)16-14(10-15(21)18-17(16)19-20)12-6-5-7-13(9-12)22-3/h5-7,9,14H,4,8,10H2,1-3H3,(H,18,19,21). The molecule has 2 aromatic rings. The second-order valence-electron chi connectivity index (χ2n) is 5.65. The number of thioether (sulfide) groups is 1. The highest BCUT2D eigenvalue weighted by molar-refractivity contribution is 7.98. The Labute approximate surface area is 135 Å². The first-order chi connectivity index (χ1) is 10.6. The number of amides is 1. The maximum Gasteiger partial charge on any atom is 0.226 e. The Kier molecular flexibility index (Phi) is 4.25. The second-order valence-corrected chi connectivity index (χ2v) is 6.53. The summed E-state index contributed by atoms with van der Waals surface area (Å²) in [4.78, 5) is 13.3. The molecule has 0 saturated heterocycles. The molecule has 1 N–H and O–H groups in total. The van der Waals surface area contributed by atoms with Crippen LogP contribution in [0.25, 0.3) is 0 Å². The average Bonchev–Trinajstić information content (AvgIpc) is 2.83. The van der Waals surface area contributed by atoms with Crippen LogP contribution in [0.1, 0.15) is 42.5 Å². The highest BCUT2D eigenvalue weighted by Crippen LogP contribution is 2.39. The molecule has 3 rings (SSSR count). The van der Waals surface area contributed by atoms with Crippen LogP contribution in [0, 0.1) is 6.92 Å². The van der Waals surface area contributed by atoms with E-state index in [0.29, 0.717) is 6.42 Å². The van der Waals surface area contributed by atoms with Crippen molar-refractivity contribution in [3.8, 4) is 0 Å². The van der Waals surface area contributed by atoms with Gasteiger partial charge in [0.2, 0.25) is 5.91 Å². The van der Waals surface area contributed by atoms with Crippen molar-refractivity contribution < 1.29 is 4.79 Å². The van der Waals surface area contributed by atoms with Gasteiger partial charge in [-0.05, 0) is 37.3 Å². The van der Waals surface area contributed by atoms with Gasteiger partial charge >= 0.3 is 0 Å². The molecule has 1 aromatic carbocycles. The smallest absolute Gasteiger partial charge is 0.226 e. The highest BCUT2D eigenvalue weighted by Gasteiger charge is 2.31. The molecule has 1 atom stereocenters. The normalized spacial score (nSPS) is 17.2. The fraction of sp³-hybridized carbons (Fsp3) is 0.412. The zero-order valence-corrected chi connectivity index (χ0v) is 14.0. The summed E-state index contributed by atoms with van der Waals surface area (Å²) >= 11 is 1.73. The van der Waals surface area contributed by atoms with Gasteiger partial charge in [-0.25, -0.2) is 0 Å². The van der Waals surface area contributed by atoms with Gasteiger partial charge in [-0.2, -0.15) is 5.10 Å². The summed E-state index contributed by atoms with van der Waals surface area (Å²) in [6.45, 7) is 5.12. The number of carbonyl (C=O) groups excluding carboxylic acids is 1. The fourth-order valence-corrected chi connectivity index (χ4v) is 3.58. The van der Waals surface area contributed by atoms with E-state index in [1.165, 1.54) is 16.0 Å². The molecule has 1 aliphatic rings. The zero-order valence-electron chi connectivity index (χ0n) is 13.2. The van der Waals surface area contributed by atoms with Crippen molar-refractivity contribution in [3.63, 3.8) is 0 Å². The molecule has 4 nitrogen and oxygen atoms in total. The molecule has 1 unspecified atom stereocenters. The van der Waals surface area contributed by atoms with Crippen LogP contribution in [-0.2, 0) is 11.3 Å². The van der Waals surface area contributed by atoms with Gasteiger partial charge in [-0.15, -0.1) is 11.8 Å². The van der Waals surface area contributed by atoms with Crippen LogP contribution in [0.2, 0.25) is 0 Å². The molecule has 116 valence electrons. The van der Waals surface area contributed by atoms with Crippen LogP contribution < -0.4 is 5.32 Å². The molecule has 0 saturated carbocycles. The number of hydrogen-bond donors (Lipinski definition) is 1. The SMILES string of the molecule is CCCn1nc2c(c1C)C(c1cccc(SC)c1)CC(=O)N2. The predicted molar refractivity (Wildman–Crippen MR) is 90.6 cm³/mol. The van der Waals surface area contributed by atoms with E-state index >= 15 is 0 Å². The lowest BCUT2D eigenvalue weighted by atomic mass is 9.86. The number of carbonyl (C=O) groups is 1. The molecule has 1 aliphatic heterocycles. The van der Waals surface area contributed by atoms with Crippen LogP contribution in [0.5, 0.6) is 0 Å². The van der Waals surface area contributed by atoms with Crippen molar-refractivity contribution in [1.29, 1.82) is 0 Å². The monoisotopic (exact) mass is 315 g/mol. The van der Waals surface area contributed by atoms with E-state index in [9.17, 15) is 4.79 Å². The minimum Gasteiger partial charge on any atom is -0.309 e. The number of rotatable bonds is 4.